The Morgan fingerprint density at radius 1 is 1.11 bits per heavy atom. The van der Waals surface area contributed by atoms with E-state index in [1.807, 2.05) is 13.8 Å². The monoisotopic (exact) mass is 133 g/mol. The largest absolute Gasteiger partial charge is 0.312 e. The molecule has 0 amide bonds. The zero-order valence-corrected chi connectivity index (χ0v) is 6.88. The molecule has 0 saturated heterocycles. The highest BCUT2D eigenvalue weighted by atomic mass is 19.1. The first-order valence-electron chi connectivity index (χ1n) is 3.19. The number of alkyl halides is 1. The van der Waals surface area contributed by atoms with Crippen molar-refractivity contribution in [3.63, 3.8) is 0 Å². The molecule has 0 aromatic rings. The Hall–Kier alpha value is -0.110. The van der Waals surface area contributed by atoms with Crippen molar-refractivity contribution in [1.29, 1.82) is 0 Å². The highest BCUT2D eigenvalue weighted by Crippen LogP contribution is 2.23. The first-order chi connectivity index (χ1) is 3.81. The number of hydrogen-bond acceptors (Lipinski definition) is 1. The van der Waals surface area contributed by atoms with Gasteiger partial charge < -0.3 is 5.32 Å². The van der Waals surface area contributed by atoms with Crippen molar-refractivity contribution in [3.8, 4) is 0 Å². The van der Waals surface area contributed by atoms with Gasteiger partial charge in [0.05, 0.1) is 0 Å². The fourth-order valence-electron chi connectivity index (χ4n) is 0.297. The summed E-state index contributed by atoms with van der Waals surface area (Å²) < 4.78 is 13.1. The normalized spacial score (nSPS) is 14.0. The van der Waals surface area contributed by atoms with E-state index in [9.17, 15) is 4.39 Å². The molecule has 0 heterocycles. The fraction of sp³-hybridized carbons (Fsp3) is 1.00. The molecule has 0 radical (unpaired) electrons. The smallest absolute Gasteiger partial charge is 0.123 e. The molecule has 0 spiro atoms. The lowest BCUT2D eigenvalue weighted by molar-refractivity contribution is 0.0954. The molecule has 0 saturated carbocycles. The molecule has 0 fully saturated rings. The van der Waals surface area contributed by atoms with Crippen molar-refractivity contribution < 1.29 is 4.39 Å². The Morgan fingerprint density at radius 2 is 1.44 bits per heavy atom. The average Bonchev–Trinajstić information content (AvgIpc) is 1.64. The van der Waals surface area contributed by atoms with Crippen LogP contribution in [-0.2, 0) is 0 Å². The minimum Gasteiger partial charge on any atom is -0.312 e. The molecule has 56 valence electrons. The molecule has 9 heavy (non-hydrogen) atoms. The van der Waals surface area contributed by atoms with Crippen LogP contribution in [0.25, 0.3) is 0 Å². The van der Waals surface area contributed by atoms with Crippen molar-refractivity contribution in [2.24, 2.45) is 0 Å². The second-order valence-electron chi connectivity index (χ2n) is 3.35. The van der Waals surface area contributed by atoms with E-state index in [0.29, 0.717) is 0 Å². The van der Waals surface area contributed by atoms with Crippen LogP contribution in [0, 0.1) is 0 Å². The predicted molar refractivity (Wildman–Crippen MR) is 38.3 cm³/mol. The van der Waals surface area contributed by atoms with Gasteiger partial charge in [0.1, 0.15) is 5.67 Å². The van der Waals surface area contributed by atoms with E-state index in [4.69, 9.17) is 0 Å². The first kappa shape index (κ1) is 8.89. The lowest BCUT2D eigenvalue weighted by Crippen LogP contribution is -2.51. The van der Waals surface area contributed by atoms with Crippen LogP contribution in [0.15, 0.2) is 0 Å². The van der Waals surface area contributed by atoms with Crippen LogP contribution < -0.4 is 5.32 Å². The molecule has 2 heteroatoms. The van der Waals surface area contributed by atoms with Crippen molar-refractivity contribution in [3.05, 3.63) is 0 Å². The molecule has 1 nitrogen and oxygen atoms in total. The molecule has 0 aromatic heterocycles. The van der Waals surface area contributed by atoms with Crippen LogP contribution in [0.4, 0.5) is 4.39 Å². The predicted octanol–water partition coefficient (Wildman–Crippen LogP) is 1.73. The Kier molecular flexibility index (Phi) is 2.23. The van der Waals surface area contributed by atoms with Gasteiger partial charge in [0, 0.05) is 5.54 Å². The molecule has 1 N–H and O–H groups in total. The van der Waals surface area contributed by atoms with Gasteiger partial charge in [-0.05, 0) is 34.7 Å². The quantitative estimate of drug-likeness (QED) is 0.605. The minimum absolute atomic E-state index is 0.438. The third-order valence-corrected chi connectivity index (χ3v) is 2.11. The summed E-state index contributed by atoms with van der Waals surface area (Å²) in [6.45, 7) is 6.83. The van der Waals surface area contributed by atoms with E-state index in [1.165, 1.54) is 0 Å². The van der Waals surface area contributed by atoms with Gasteiger partial charge in [0.15, 0.2) is 0 Å². The van der Waals surface area contributed by atoms with Crippen LogP contribution >= 0.6 is 0 Å². The summed E-state index contributed by atoms with van der Waals surface area (Å²) in [6.07, 6.45) is 0. The standard InChI is InChI=1S/C7H16FN/c1-6(2,8)7(3,4)9-5/h9H,1-5H3. The lowest BCUT2D eigenvalue weighted by Gasteiger charge is -2.34. The van der Waals surface area contributed by atoms with Crippen LogP contribution in [0.2, 0.25) is 0 Å². The maximum absolute atomic E-state index is 13.1. The van der Waals surface area contributed by atoms with Crippen molar-refractivity contribution >= 4 is 0 Å². The third kappa shape index (κ3) is 1.94. The summed E-state index contributed by atoms with van der Waals surface area (Å²) in [5.41, 5.74) is -1.60. The highest BCUT2D eigenvalue weighted by Gasteiger charge is 2.35. The molecular formula is C7H16FN. The Bertz CT molecular complexity index is 91.6. The maximum atomic E-state index is 13.1. The SMILES string of the molecule is CNC(C)(C)C(C)(C)F. The van der Waals surface area contributed by atoms with Gasteiger partial charge in [-0.3, -0.25) is 0 Å². The molecule has 0 aliphatic heterocycles. The Labute approximate surface area is 56.6 Å². The zero-order valence-electron chi connectivity index (χ0n) is 6.88. The van der Waals surface area contributed by atoms with Gasteiger partial charge in [-0.2, -0.15) is 0 Å². The van der Waals surface area contributed by atoms with E-state index < -0.39 is 11.2 Å². The molecule has 0 aromatic carbocycles. The Morgan fingerprint density at radius 3 is 1.44 bits per heavy atom. The molecule has 0 aliphatic carbocycles. The lowest BCUT2D eigenvalue weighted by atomic mass is 9.88. The Balaban J connectivity index is 4.14. The van der Waals surface area contributed by atoms with Gasteiger partial charge >= 0.3 is 0 Å². The van der Waals surface area contributed by atoms with E-state index >= 15 is 0 Å². The summed E-state index contributed by atoms with van der Waals surface area (Å²) in [7, 11) is 1.77. The van der Waals surface area contributed by atoms with E-state index in [-0.39, 0.29) is 0 Å². The molecule has 0 unspecified atom stereocenters. The van der Waals surface area contributed by atoms with E-state index in [0.717, 1.165) is 0 Å². The summed E-state index contributed by atoms with van der Waals surface area (Å²) in [5, 5.41) is 2.91. The van der Waals surface area contributed by atoms with E-state index in [2.05, 4.69) is 5.32 Å². The van der Waals surface area contributed by atoms with Crippen molar-refractivity contribution in [2.45, 2.75) is 38.9 Å². The zero-order chi connectivity index (χ0) is 7.71. The molecule has 0 bridgehead atoms. The minimum atomic E-state index is -1.16. The fourth-order valence-corrected chi connectivity index (χ4v) is 0.297. The number of nitrogens with one attached hydrogen (secondary N) is 1. The van der Waals surface area contributed by atoms with Crippen LogP contribution in [0.1, 0.15) is 27.7 Å². The topological polar surface area (TPSA) is 12.0 Å². The van der Waals surface area contributed by atoms with E-state index in [1.54, 1.807) is 20.9 Å². The van der Waals surface area contributed by atoms with Gasteiger partial charge in [0.25, 0.3) is 0 Å². The number of rotatable bonds is 2. The van der Waals surface area contributed by atoms with Crippen LogP contribution in [-0.4, -0.2) is 18.3 Å². The van der Waals surface area contributed by atoms with Crippen molar-refractivity contribution in [2.75, 3.05) is 7.05 Å². The van der Waals surface area contributed by atoms with Gasteiger partial charge in [-0.15, -0.1) is 0 Å². The molecule has 0 atom stereocenters. The molecular weight excluding hydrogens is 117 g/mol. The number of hydrogen-bond donors (Lipinski definition) is 1. The van der Waals surface area contributed by atoms with Crippen molar-refractivity contribution in [1.82, 2.24) is 5.32 Å². The first-order valence-corrected chi connectivity index (χ1v) is 3.19. The average molecular weight is 133 g/mol. The summed E-state index contributed by atoms with van der Waals surface area (Å²) in [5.74, 6) is 0. The number of halogens is 1. The highest BCUT2D eigenvalue weighted by molar-refractivity contribution is 4.92. The van der Waals surface area contributed by atoms with Crippen LogP contribution in [0.5, 0.6) is 0 Å². The summed E-state index contributed by atoms with van der Waals surface area (Å²) >= 11 is 0. The maximum Gasteiger partial charge on any atom is 0.123 e. The second-order valence-corrected chi connectivity index (χ2v) is 3.35. The summed E-state index contributed by atoms with van der Waals surface area (Å²) in [4.78, 5) is 0. The third-order valence-electron chi connectivity index (χ3n) is 2.11. The van der Waals surface area contributed by atoms with Crippen LogP contribution in [0.3, 0.4) is 0 Å². The summed E-state index contributed by atoms with van der Waals surface area (Å²) in [6, 6.07) is 0. The molecule has 0 aliphatic rings. The second kappa shape index (κ2) is 2.25. The van der Waals surface area contributed by atoms with Gasteiger partial charge in [0.2, 0.25) is 0 Å². The van der Waals surface area contributed by atoms with Gasteiger partial charge in [-0.25, -0.2) is 4.39 Å². The van der Waals surface area contributed by atoms with Gasteiger partial charge in [-0.1, -0.05) is 0 Å². The molecule has 0 rings (SSSR count).